The van der Waals surface area contributed by atoms with E-state index in [9.17, 15) is 14.7 Å². The summed E-state index contributed by atoms with van der Waals surface area (Å²) in [5, 5.41) is 31.8. The number of hydrogen-bond acceptors (Lipinski definition) is 5. The standard InChI is InChI=1S/C13H13N3O4/c1-8(13(19)20)15-7-9(6-14)12(18)16-10-4-2-3-5-11(10)17/h2-5,7-8,15,17H,1H3,(H,16,18)(H,19,20)/b9-7-. The predicted octanol–water partition coefficient (Wildman–Crippen LogP) is 0.801. The lowest BCUT2D eigenvalue weighted by atomic mass is 10.2. The molecule has 20 heavy (non-hydrogen) atoms. The summed E-state index contributed by atoms with van der Waals surface area (Å²) < 4.78 is 0. The summed E-state index contributed by atoms with van der Waals surface area (Å²) >= 11 is 0. The van der Waals surface area contributed by atoms with Gasteiger partial charge in [0.1, 0.15) is 23.4 Å². The number of benzene rings is 1. The maximum Gasteiger partial charge on any atom is 0.325 e. The van der Waals surface area contributed by atoms with Crippen molar-refractivity contribution in [2.24, 2.45) is 0 Å². The van der Waals surface area contributed by atoms with Crippen LogP contribution in [0, 0.1) is 11.3 Å². The smallest absolute Gasteiger partial charge is 0.325 e. The lowest BCUT2D eigenvalue weighted by molar-refractivity contribution is -0.138. The molecule has 0 heterocycles. The number of para-hydroxylation sites is 2. The van der Waals surface area contributed by atoms with Crippen molar-refractivity contribution in [1.29, 1.82) is 5.26 Å². The van der Waals surface area contributed by atoms with Crippen LogP contribution in [0.15, 0.2) is 36.0 Å². The summed E-state index contributed by atoms with van der Waals surface area (Å²) in [6.07, 6.45) is 1.02. The highest BCUT2D eigenvalue weighted by Gasteiger charge is 2.13. The van der Waals surface area contributed by atoms with Gasteiger partial charge in [0.05, 0.1) is 5.69 Å². The van der Waals surface area contributed by atoms with Gasteiger partial charge in [0, 0.05) is 6.20 Å². The topological polar surface area (TPSA) is 122 Å². The molecule has 4 N–H and O–H groups in total. The number of aromatic hydroxyl groups is 1. The molecule has 0 saturated heterocycles. The summed E-state index contributed by atoms with van der Waals surface area (Å²) in [5.41, 5.74) is -0.147. The quantitative estimate of drug-likeness (QED) is 0.358. The van der Waals surface area contributed by atoms with Crippen LogP contribution in [0.1, 0.15) is 6.92 Å². The third kappa shape index (κ3) is 4.03. The molecule has 0 aliphatic heterocycles. The summed E-state index contributed by atoms with van der Waals surface area (Å²) in [5.74, 6) is -2.00. The van der Waals surface area contributed by atoms with E-state index in [1.165, 1.54) is 19.1 Å². The van der Waals surface area contributed by atoms with Crippen LogP contribution in [0.2, 0.25) is 0 Å². The van der Waals surface area contributed by atoms with Gasteiger partial charge in [-0.05, 0) is 19.1 Å². The van der Waals surface area contributed by atoms with E-state index < -0.39 is 17.9 Å². The van der Waals surface area contributed by atoms with Crippen molar-refractivity contribution in [2.75, 3.05) is 5.32 Å². The van der Waals surface area contributed by atoms with E-state index in [1.54, 1.807) is 18.2 Å². The maximum absolute atomic E-state index is 11.8. The van der Waals surface area contributed by atoms with Gasteiger partial charge in [-0.15, -0.1) is 0 Å². The Balaban J connectivity index is 2.79. The van der Waals surface area contributed by atoms with E-state index in [0.29, 0.717) is 0 Å². The molecule has 104 valence electrons. The number of carbonyl (C=O) groups is 2. The first kappa shape index (κ1) is 15.0. The second-order valence-electron chi connectivity index (χ2n) is 3.87. The summed E-state index contributed by atoms with van der Waals surface area (Å²) in [4.78, 5) is 22.4. The van der Waals surface area contributed by atoms with Crippen molar-refractivity contribution in [2.45, 2.75) is 13.0 Å². The van der Waals surface area contributed by atoms with E-state index in [-0.39, 0.29) is 17.0 Å². The minimum absolute atomic E-state index is 0.134. The number of hydrogen-bond donors (Lipinski definition) is 4. The number of carbonyl (C=O) groups excluding carboxylic acids is 1. The molecule has 1 amide bonds. The van der Waals surface area contributed by atoms with E-state index >= 15 is 0 Å². The highest BCUT2D eigenvalue weighted by atomic mass is 16.4. The Morgan fingerprint density at radius 1 is 1.40 bits per heavy atom. The number of carboxylic acids is 1. The number of anilines is 1. The number of phenols is 1. The van der Waals surface area contributed by atoms with E-state index in [4.69, 9.17) is 10.4 Å². The van der Waals surface area contributed by atoms with E-state index in [0.717, 1.165) is 6.20 Å². The second kappa shape index (κ2) is 6.80. The normalized spacial score (nSPS) is 12.1. The molecule has 1 aromatic rings. The third-order valence-corrected chi connectivity index (χ3v) is 2.37. The molecule has 0 aliphatic rings. The molecule has 7 heteroatoms. The fourth-order valence-corrected chi connectivity index (χ4v) is 1.20. The zero-order valence-corrected chi connectivity index (χ0v) is 10.6. The maximum atomic E-state index is 11.8. The number of nitrogens with one attached hydrogen (secondary N) is 2. The van der Waals surface area contributed by atoms with Gasteiger partial charge >= 0.3 is 5.97 Å². The lowest BCUT2D eigenvalue weighted by Gasteiger charge is -2.08. The van der Waals surface area contributed by atoms with Crippen molar-refractivity contribution in [1.82, 2.24) is 5.32 Å². The molecule has 0 radical (unpaired) electrons. The van der Waals surface area contributed by atoms with Gasteiger partial charge in [-0.2, -0.15) is 5.26 Å². The Morgan fingerprint density at radius 2 is 2.05 bits per heavy atom. The number of rotatable bonds is 5. The summed E-state index contributed by atoms with van der Waals surface area (Å²) in [6, 6.07) is 6.76. The van der Waals surface area contributed by atoms with Crippen LogP contribution in [0.25, 0.3) is 0 Å². The van der Waals surface area contributed by atoms with Gasteiger partial charge < -0.3 is 20.8 Å². The Kier molecular flexibility index (Phi) is 5.12. The molecule has 0 fully saturated rings. The largest absolute Gasteiger partial charge is 0.506 e. The molecular weight excluding hydrogens is 262 g/mol. The average molecular weight is 275 g/mol. The Morgan fingerprint density at radius 3 is 2.60 bits per heavy atom. The van der Waals surface area contributed by atoms with Gasteiger partial charge in [-0.3, -0.25) is 9.59 Å². The monoisotopic (exact) mass is 275 g/mol. The highest BCUT2D eigenvalue weighted by molar-refractivity contribution is 6.07. The number of nitrogens with zero attached hydrogens (tertiary/aromatic N) is 1. The van der Waals surface area contributed by atoms with Crippen molar-refractivity contribution in [3.05, 3.63) is 36.0 Å². The van der Waals surface area contributed by atoms with Crippen molar-refractivity contribution < 1.29 is 19.8 Å². The van der Waals surface area contributed by atoms with Crippen LogP contribution in [-0.2, 0) is 9.59 Å². The van der Waals surface area contributed by atoms with Crippen LogP contribution in [0.4, 0.5) is 5.69 Å². The first-order chi connectivity index (χ1) is 9.45. The molecule has 0 bridgehead atoms. The molecule has 7 nitrogen and oxygen atoms in total. The zero-order valence-electron chi connectivity index (χ0n) is 10.6. The predicted molar refractivity (Wildman–Crippen MR) is 70.7 cm³/mol. The average Bonchev–Trinajstić information content (AvgIpc) is 2.41. The molecular formula is C13H13N3O4. The van der Waals surface area contributed by atoms with Crippen LogP contribution in [0.5, 0.6) is 5.75 Å². The number of amides is 1. The van der Waals surface area contributed by atoms with Crippen LogP contribution < -0.4 is 10.6 Å². The molecule has 0 aromatic heterocycles. The minimum Gasteiger partial charge on any atom is -0.506 e. The van der Waals surface area contributed by atoms with Crippen molar-refractivity contribution in [3.8, 4) is 11.8 Å². The highest BCUT2D eigenvalue weighted by Crippen LogP contribution is 2.21. The molecule has 0 saturated carbocycles. The molecule has 0 aliphatic carbocycles. The van der Waals surface area contributed by atoms with Gasteiger partial charge in [0.2, 0.25) is 0 Å². The summed E-state index contributed by atoms with van der Waals surface area (Å²) in [7, 11) is 0. The summed E-state index contributed by atoms with van der Waals surface area (Å²) in [6.45, 7) is 1.37. The Bertz CT molecular complexity index is 590. The molecule has 1 rings (SSSR count). The van der Waals surface area contributed by atoms with Gasteiger partial charge in [0.25, 0.3) is 5.91 Å². The number of nitriles is 1. The molecule has 0 spiro atoms. The second-order valence-corrected chi connectivity index (χ2v) is 3.87. The first-order valence-electron chi connectivity index (χ1n) is 5.64. The Labute approximate surface area is 115 Å². The van der Waals surface area contributed by atoms with E-state index in [2.05, 4.69) is 10.6 Å². The molecule has 1 aromatic carbocycles. The van der Waals surface area contributed by atoms with Gasteiger partial charge in [-0.1, -0.05) is 12.1 Å². The minimum atomic E-state index is -1.11. The molecule has 1 unspecified atom stereocenters. The SMILES string of the molecule is CC(N/C=C(/C#N)C(=O)Nc1ccccc1O)C(=O)O. The lowest BCUT2D eigenvalue weighted by Crippen LogP contribution is -2.30. The van der Waals surface area contributed by atoms with Crippen molar-refractivity contribution >= 4 is 17.6 Å². The van der Waals surface area contributed by atoms with Crippen LogP contribution in [-0.4, -0.2) is 28.1 Å². The number of carboxylic acid groups (broad SMARTS) is 1. The number of aliphatic carboxylic acids is 1. The molecule has 1 atom stereocenters. The van der Waals surface area contributed by atoms with Crippen LogP contribution in [0.3, 0.4) is 0 Å². The van der Waals surface area contributed by atoms with Crippen LogP contribution >= 0.6 is 0 Å². The first-order valence-corrected chi connectivity index (χ1v) is 5.64. The van der Waals surface area contributed by atoms with Gasteiger partial charge in [-0.25, -0.2) is 0 Å². The third-order valence-electron chi connectivity index (χ3n) is 2.37. The van der Waals surface area contributed by atoms with Crippen molar-refractivity contribution in [3.63, 3.8) is 0 Å². The fraction of sp³-hybridized carbons (Fsp3) is 0.154. The van der Waals surface area contributed by atoms with E-state index in [1.807, 2.05) is 0 Å². The number of phenolic OH excluding ortho intramolecular Hbond substituents is 1. The Hall–Kier alpha value is -3.01. The zero-order chi connectivity index (χ0) is 15.1. The fourth-order valence-electron chi connectivity index (χ4n) is 1.20. The van der Waals surface area contributed by atoms with Gasteiger partial charge in [0.15, 0.2) is 0 Å².